The Morgan fingerprint density at radius 3 is 2.83 bits per heavy atom. The van der Waals surface area contributed by atoms with E-state index in [0.29, 0.717) is 19.6 Å². The number of hydrogen-bond donors (Lipinski definition) is 1. The van der Waals surface area contributed by atoms with E-state index in [0.717, 1.165) is 24.8 Å². The number of amides is 2. The van der Waals surface area contributed by atoms with Crippen LogP contribution >= 0.6 is 0 Å². The first-order valence-corrected chi connectivity index (χ1v) is 11.2. The van der Waals surface area contributed by atoms with Gasteiger partial charge in [-0.15, -0.1) is 0 Å². The molecule has 3 heterocycles. The first-order valence-electron chi connectivity index (χ1n) is 11.2. The first-order chi connectivity index (χ1) is 14.5. The first kappa shape index (κ1) is 19.6. The van der Waals surface area contributed by atoms with Gasteiger partial charge in [-0.25, -0.2) is 0 Å². The number of ether oxygens (including phenoxy) is 1. The molecule has 5 rings (SSSR count). The van der Waals surface area contributed by atoms with Crippen molar-refractivity contribution < 1.29 is 14.3 Å². The summed E-state index contributed by atoms with van der Waals surface area (Å²) in [5.41, 5.74) is 1.16. The molecule has 2 fully saturated rings. The van der Waals surface area contributed by atoms with Crippen LogP contribution in [0.3, 0.4) is 0 Å². The van der Waals surface area contributed by atoms with Gasteiger partial charge in [0.05, 0.1) is 24.0 Å². The molecule has 4 atom stereocenters. The third kappa shape index (κ3) is 3.20. The number of nitrogens with zero attached hydrogens (tertiary/aromatic N) is 1. The zero-order chi connectivity index (χ0) is 20.8. The minimum absolute atomic E-state index is 0.0297. The number of allylic oxidation sites excluding steroid dienone is 1. The maximum absolute atomic E-state index is 13.4. The monoisotopic (exact) mass is 406 g/mol. The molecular weight excluding hydrogens is 376 g/mol. The van der Waals surface area contributed by atoms with E-state index in [1.807, 2.05) is 54.3 Å². The molecule has 1 aromatic rings. The van der Waals surface area contributed by atoms with E-state index in [4.69, 9.17) is 4.74 Å². The average molecular weight is 407 g/mol. The summed E-state index contributed by atoms with van der Waals surface area (Å²) in [6, 6.07) is 9.99. The van der Waals surface area contributed by atoms with Crippen molar-refractivity contribution in [2.75, 3.05) is 13.1 Å². The molecule has 1 aliphatic carbocycles. The standard InChI is InChI=1S/C25H30N2O3/c1-24-13-14-25(30-24)17-27(16-19-10-6-3-7-11-19)23(29)21(25)20(24)22(28)26-15-12-18-8-4-2-5-9-18/h3,6-8,10-11,13-14,20-21H,2,4-5,9,12,15-17H2,1H3,(H,26,28). The third-order valence-corrected chi connectivity index (χ3v) is 7.23. The van der Waals surface area contributed by atoms with Gasteiger partial charge >= 0.3 is 0 Å². The molecule has 1 spiro atoms. The molecule has 2 amide bonds. The molecule has 4 aliphatic rings. The van der Waals surface area contributed by atoms with E-state index >= 15 is 0 Å². The van der Waals surface area contributed by atoms with E-state index in [1.54, 1.807) is 0 Å². The van der Waals surface area contributed by atoms with E-state index in [9.17, 15) is 9.59 Å². The van der Waals surface area contributed by atoms with Gasteiger partial charge < -0.3 is 15.0 Å². The Balaban J connectivity index is 1.29. The van der Waals surface area contributed by atoms with Gasteiger partial charge in [-0.1, -0.05) is 54.1 Å². The molecule has 2 bridgehead atoms. The summed E-state index contributed by atoms with van der Waals surface area (Å²) in [7, 11) is 0. The molecule has 1 N–H and O–H groups in total. The number of likely N-dealkylation sites (tertiary alicyclic amines) is 1. The quantitative estimate of drug-likeness (QED) is 0.737. The third-order valence-electron chi connectivity index (χ3n) is 7.23. The lowest BCUT2D eigenvalue weighted by molar-refractivity contribution is -0.139. The fourth-order valence-electron chi connectivity index (χ4n) is 5.78. The van der Waals surface area contributed by atoms with Crippen LogP contribution in [0.1, 0.15) is 44.6 Å². The van der Waals surface area contributed by atoms with Crippen LogP contribution in [0.25, 0.3) is 0 Å². The fourth-order valence-corrected chi connectivity index (χ4v) is 5.78. The molecule has 0 aromatic heterocycles. The highest BCUT2D eigenvalue weighted by Crippen LogP contribution is 2.57. The smallest absolute Gasteiger partial charge is 0.230 e. The van der Waals surface area contributed by atoms with Gasteiger partial charge in [0.25, 0.3) is 0 Å². The van der Waals surface area contributed by atoms with Crippen LogP contribution in [-0.2, 0) is 20.9 Å². The minimum Gasteiger partial charge on any atom is -0.357 e. The fraction of sp³-hybridized carbons (Fsp3) is 0.520. The average Bonchev–Trinajstić information content (AvgIpc) is 3.31. The highest BCUT2D eigenvalue weighted by atomic mass is 16.5. The van der Waals surface area contributed by atoms with Gasteiger partial charge in [0.2, 0.25) is 11.8 Å². The Morgan fingerprint density at radius 2 is 2.07 bits per heavy atom. The molecule has 5 nitrogen and oxygen atoms in total. The Labute approximate surface area is 178 Å². The summed E-state index contributed by atoms with van der Waals surface area (Å²) in [6.07, 6.45) is 12.0. The second-order valence-corrected chi connectivity index (χ2v) is 9.36. The highest BCUT2D eigenvalue weighted by Gasteiger charge is 2.71. The van der Waals surface area contributed by atoms with E-state index in [2.05, 4.69) is 11.4 Å². The lowest BCUT2D eigenvalue weighted by Gasteiger charge is -2.29. The normalized spacial score (nSPS) is 34.2. The predicted octanol–water partition coefficient (Wildman–Crippen LogP) is 3.37. The van der Waals surface area contributed by atoms with Crippen LogP contribution in [-0.4, -0.2) is 41.0 Å². The topological polar surface area (TPSA) is 58.6 Å². The summed E-state index contributed by atoms with van der Waals surface area (Å²) in [5.74, 6) is -0.941. The summed E-state index contributed by atoms with van der Waals surface area (Å²) < 4.78 is 6.39. The summed E-state index contributed by atoms with van der Waals surface area (Å²) in [5, 5.41) is 3.11. The largest absolute Gasteiger partial charge is 0.357 e. The SMILES string of the molecule is CC12C=CC3(CN(Cc4ccccc4)C(=O)C3C1C(=O)NCCC1=CCCCC1)O2. The number of carbonyl (C=O) groups is 2. The van der Waals surface area contributed by atoms with Crippen LogP contribution < -0.4 is 5.32 Å². The molecular formula is C25H30N2O3. The Hall–Kier alpha value is -2.40. The molecule has 2 saturated heterocycles. The second-order valence-electron chi connectivity index (χ2n) is 9.36. The summed E-state index contributed by atoms with van der Waals surface area (Å²) in [4.78, 5) is 28.4. The van der Waals surface area contributed by atoms with Crippen molar-refractivity contribution in [3.8, 4) is 0 Å². The number of carbonyl (C=O) groups excluding carboxylic acids is 2. The maximum atomic E-state index is 13.4. The lowest BCUT2D eigenvalue weighted by Crippen LogP contribution is -2.48. The van der Waals surface area contributed by atoms with Gasteiger partial charge in [0.1, 0.15) is 5.60 Å². The second kappa shape index (κ2) is 7.38. The van der Waals surface area contributed by atoms with Gasteiger partial charge in [0, 0.05) is 13.1 Å². The van der Waals surface area contributed by atoms with Crippen LogP contribution in [0, 0.1) is 11.8 Å². The van der Waals surface area contributed by atoms with Crippen LogP contribution in [0.5, 0.6) is 0 Å². The van der Waals surface area contributed by atoms with Crippen molar-refractivity contribution in [3.05, 3.63) is 59.7 Å². The van der Waals surface area contributed by atoms with Gasteiger partial charge in [-0.3, -0.25) is 9.59 Å². The lowest BCUT2D eigenvalue weighted by atomic mass is 9.72. The van der Waals surface area contributed by atoms with Crippen molar-refractivity contribution in [1.29, 1.82) is 0 Å². The molecule has 3 aliphatic heterocycles. The van der Waals surface area contributed by atoms with Gasteiger partial charge in [-0.05, 0) is 44.6 Å². The number of benzene rings is 1. The Bertz CT molecular complexity index is 908. The number of nitrogens with one attached hydrogen (secondary N) is 1. The highest BCUT2D eigenvalue weighted by molar-refractivity contribution is 5.93. The minimum atomic E-state index is -0.701. The molecule has 0 radical (unpaired) electrons. The van der Waals surface area contributed by atoms with E-state index in [-0.39, 0.29) is 11.8 Å². The molecule has 5 heteroatoms. The van der Waals surface area contributed by atoms with Crippen LogP contribution in [0.15, 0.2) is 54.1 Å². The maximum Gasteiger partial charge on any atom is 0.230 e. The summed E-state index contributed by atoms with van der Waals surface area (Å²) in [6.45, 7) is 3.63. The predicted molar refractivity (Wildman–Crippen MR) is 114 cm³/mol. The van der Waals surface area contributed by atoms with Crippen molar-refractivity contribution in [3.63, 3.8) is 0 Å². The van der Waals surface area contributed by atoms with Gasteiger partial charge in [-0.2, -0.15) is 0 Å². The zero-order valence-electron chi connectivity index (χ0n) is 17.6. The summed E-state index contributed by atoms with van der Waals surface area (Å²) >= 11 is 0. The molecule has 30 heavy (non-hydrogen) atoms. The van der Waals surface area contributed by atoms with Gasteiger partial charge in [0.15, 0.2) is 0 Å². The molecule has 1 aromatic carbocycles. The molecule has 158 valence electrons. The van der Waals surface area contributed by atoms with Crippen molar-refractivity contribution in [2.24, 2.45) is 11.8 Å². The van der Waals surface area contributed by atoms with Crippen molar-refractivity contribution >= 4 is 11.8 Å². The number of rotatable bonds is 6. The Morgan fingerprint density at radius 1 is 1.23 bits per heavy atom. The number of hydrogen-bond acceptors (Lipinski definition) is 3. The van der Waals surface area contributed by atoms with E-state index in [1.165, 1.54) is 18.4 Å². The van der Waals surface area contributed by atoms with Crippen molar-refractivity contribution in [1.82, 2.24) is 10.2 Å². The van der Waals surface area contributed by atoms with Crippen molar-refractivity contribution in [2.45, 2.75) is 56.8 Å². The zero-order valence-corrected chi connectivity index (χ0v) is 17.6. The molecule has 0 saturated carbocycles. The van der Waals surface area contributed by atoms with E-state index < -0.39 is 23.0 Å². The van der Waals surface area contributed by atoms with Crippen LogP contribution in [0.2, 0.25) is 0 Å². The van der Waals surface area contributed by atoms with Crippen LogP contribution in [0.4, 0.5) is 0 Å². The Kier molecular flexibility index (Phi) is 4.81. The number of fused-ring (bicyclic) bond motifs is 1. The molecule has 4 unspecified atom stereocenters.